The second kappa shape index (κ2) is 9.55. The molecule has 0 saturated heterocycles. The number of aromatic nitrogens is 3. The van der Waals surface area contributed by atoms with Gasteiger partial charge in [-0.15, -0.1) is 0 Å². The van der Waals surface area contributed by atoms with E-state index in [-0.39, 0.29) is 0 Å². The first kappa shape index (κ1) is 22.5. The van der Waals surface area contributed by atoms with E-state index in [1.165, 1.54) is 11.3 Å². The Kier molecular flexibility index (Phi) is 6.15. The van der Waals surface area contributed by atoms with Crippen molar-refractivity contribution in [1.82, 2.24) is 15.0 Å². The molecule has 0 aliphatic heterocycles. The molecule has 176 valence electrons. The van der Waals surface area contributed by atoms with Gasteiger partial charge in [-0.1, -0.05) is 48.6 Å². The Morgan fingerprint density at radius 2 is 1.83 bits per heavy atom. The maximum absolute atomic E-state index is 12.8. The number of H-pyrrole nitrogens is 1. The minimum absolute atomic E-state index is 0.320. The summed E-state index contributed by atoms with van der Waals surface area (Å²) in [5.41, 5.74) is 3.47. The summed E-state index contributed by atoms with van der Waals surface area (Å²) in [5.74, 6) is 0.412. The number of benzene rings is 3. The first-order chi connectivity index (χ1) is 17.0. The molecule has 8 nitrogen and oxygen atoms in total. The predicted molar refractivity (Wildman–Crippen MR) is 136 cm³/mol. The van der Waals surface area contributed by atoms with Gasteiger partial charge in [0.2, 0.25) is 0 Å². The number of aromatic amines is 1. The third-order valence-electron chi connectivity index (χ3n) is 5.50. The van der Waals surface area contributed by atoms with Gasteiger partial charge in [-0.3, -0.25) is 10.1 Å². The van der Waals surface area contributed by atoms with Crippen LogP contribution in [-0.2, 0) is 9.53 Å². The van der Waals surface area contributed by atoms with Crippen molar-refractivity contribution in [1.29, 1.82) is 0 Å². The number of esters is 1. The second-order valence-corrected chi connectivity index (χ2v) is 8.86. The van der Waals surface area contributed by atoms with Crippen LogP contribution in [0.4, 0.5) is 5.13 Å². The van der Waals surface area contributed by atoms with Crippen LogP contribution in [0.2, 0.25) is 0 Å². The predicted octanol–water partition coefficient (Wildman–Crippen LogP) is 5.42. The summed E-state index contributed by atoms with van der Waals surface area (Å²) >= 11 is 1.33. The Morgan fingerprint density at radius 3 is 2.60 bits per heavy atom. The lowest BCUT2D eigenvalue weighted by molar-refractivity contribution is -0.124. The zero-order valence-electron chi connectivity index (χ0n) is 19.1. The summed E-state index contributed by atoms with van der Waals surface area (Å²) in [6.07, 6.45) is -0.637. The highest BCUT2D eigenvalue weighted by Crippen LogP contribution is 2.29. The minimum atomic E-state index is -0.957. The quantitative estimate of drug-likeness (QED) is 0.298. The maximum atomic E-state index is 12.8. The third kappa shape index (κ3) is 4.71. The molecule has 1 unspecified atom stereocenters. The molecule has 0 fully saturated rings. The molecule has 1 amide bonds. The molecule has 0 aliphatic rings. The van der Waals surface area contributed by atoms with E-state index in [0.717, 1.165) is 21.3 Å². The summed E-state index contributed by atoms with van der Waals surface area (Å²) in [6.45, 7) is 1.78. The zero-order valence-corrected chi connectivity index (χ0v) is 19.9. The summed E-state index contributed by atoms with van der Waals surface area (Å²) < 4.78 is 11.7. The normalized spacial score (nSPS) is 11.9. The Hall–Kier alpha value is -4.24. The van der Waals surface area contributed by atoms with Crippen molar-refractivity contribution in [2.75, 3.05) is 12.4 Å². The molecule has 0 spiro atoms. The number of carbonyl (C=O) groups is 2. The number of nitrogens with zero attached hydrogens (tertiary/aromatic N) is 2. The number of rotatable bonds is 7. The van der Waals surface area contributed by atoms with Gasteiger partial charge in [0.05, 0.1) is 33.9 Å². The second-order valence-electron chi connectivity index (χ2n) is 7.83. The zero-order chi connectivity index (χ0) is 24.4. The van der Waals surface area contributed by atoms with E-state index >= 15 is 0 Å². The van der Waals surface area contributed by atoms with Gasteiger partial charge in [0.25, 0.3) is 5.91 Å². The van der Waals surface area contributed by atoms with E-state index in [9.17, 15) is 9.59 Å². The number of methoxy groups -OCH3 is 1. The molecule has 9 heteroatoms. The molecule has 35 heavy (non-hydrogen) atoms. The van der Waals surface area contributed by atoms with Crippen molar-refractivity contribution in [2.45, 2.75) is 19.4 Å². The first-order valence-corrected chi connectivity index (χ1v) is 11.9. The van der Waals surface area contributed by atoms with Crippen LogP contribution in [0.5, 0.6) is 5.75 Å². The number of hydrogen-bond donors (Lipinski definition) is 2. The Labute approximate surface area is 204 Å². The summed E-state index contributed by atoms with van der Waals surface area (Å²) in [6, 6.07) is 20.3. The number of thiazole rings is 1. The molecule has 1 atom stereocenters. The van der Waals surface area contributed by atoms with Crippen LogP contribution in [0.15, 0.2) is 66.7 Å². The van der Waals surface area contributed by atoms with Gasteiger partial charge in [-0.2, -0.15) is 0 Å². The first-order valence-electron chi connectivity index (χ1n) is 11.1. The van der Waals surface area contributed by atoms with Gasteiger partial charge >= 0.3 is 5.97 Å². The van der Waals surface area contributed by atoms with E-state index in [2.05, 4.69) is 20.3 Å². The number of nitrogens with one attached hydrogen (secondary N) is 2. The molecule has 5 aromatic rings. The highest BCUT2D eigenvalue weighted by atomic mass is 32.1. The minimum Gasteiger partial charge on any atom is -0.497 e. The molecule has 0 aliphatic carbocycles. The molecular formula is C26H22N4O4S. The molecule has 0 saturated carbocycles. The van der Waals surface area contributed by atoms with Crippen molar-refractivity contribution >= 4 is 49.6 Å². The van der Waals surface area contributed by atoms with Crippen LogP contribution < -0.4 is 10.1 Å². The van der Waals surface area contributed by atoms with Crippen LogP contribution in [0.25, 0.3) is 32.6 Å². The molecule has 0 bridgehead atoms. The molecule has 3 aromatic carbocycles. The van der Waals surface area contributed by atoms with Crippen molar-refractivity contribution in [3.05, 3.63) is 72.3 Å². The molecule has 0 radical (unpaired) electrons. The number of imidazole rings is 1. The molecule has 5 rings (SSSR count). The van der Waals surface area contributed by atoms with Crippen molar-refractivity contribution in [3.8, 4) is 17.1 Å². The van der Waals surface area contributed by atoms with Gasteiger partial charge < -0.3 is 14.5 Å². The smallest absolute Gasteiger partial charge is 0.338 e. The third-order valence-corrected chi connectivity index (χ3v) is 6.44. The van der Waals surface area contributed by atoms with E-state index in [1.807, 2.05) is 48.5 Å². The Bertz CT molecular complexity index is 1530. The van der Waals surface area contributed by atoms with Crippen molar-refractivity contribution in [3.63, 3.8) is 0 Å². The number of fused-ring (bicyclic) bond motifs is 2. The molecule has 2 aromatic heterocycles. The number of hydrogen-bond acceptors (Lipinski definition) is 7. The summed E-state index contributed by atoms with van der Waals surface area (Å²) in [7, 11) is 1.59. The van der Waals surface area contributed by atoms with Crippen molar-refractivity contribution < 1.29 is 19.1 Å². The van der Waals surface area contributed by atoms with Gasteiger partial charge in [0, 0.05) is 5.56 Å². The average molecular weight is 487 g/mol. The Morgan fingerprint density at radius 1 is 1.03 bits per heavy atom. The lowest BCUT2D eigenvalue weighted by Crippen LogP contribution is -2.32. The lowest BCUT2D eigenvalue weighted by atomic mass is 10.2. The van der Waals surface area contributed by atoms with Gasteiger partial charge in [-0.05, 0) is 42.8 Å². The Balaban J connectivity index is 1.29. The van der Waals surface area contributed by atoms with Crippen LogP contribution in [0, 0.1) is 0 Å². The molecule has 2 heterocycles. The van der Waals surface area contributed by atoms with Crippen LogP contribution in [0.3, 0.4) is 0 Å². The SMILES string of the molecule is CCC(OC(=O)c1ccc2nc(-c3ccccc3)[nH]c2c1)C(=O)Nc1nc2ccc(OC)cc2s1. The summed E-state index contributed by atoms with van der Waals surface area (Å²) in [5, 5.41) is 3.19. The van der Waals surface area contributed by atoms with Crippen molar-refractivity contribution in [2.24, 2.45) is 0 Å². The number of amides is 1. The van der Waals surface area contributed by atoms with E-state index in [0.29, 0.717) is 34.2 Å². The van der Waals surface area contributed by atoms with Gasteiger partial charge in [0.1, 0.15) is 11.6 Å². The van der Waals surface area contributed by atoms with E-state index < -0.39 is 18.0 Å². The standard InChI is InChI=1S/C26H22N4O4S/c1-3-21(24(31)30-26-29-19-12-10-17(33-2)14-22(19)35-26)34-25(32)16-9-11-18-20(13-16)28-23(27-18)15-7-5-4-6-8-15/h4-14,21H,3H2,1-2H3,(H,27,28)(H,29,30,31). The lowest BCUT2D eigenvalue weighted by Gasteiger charge is -2.15. The fourth-order valence-corrected chi connectivity index (χ4v) is 4.56. The molecular weight excluding hydrogens is 464 g/mol. The molecule has 2 N–H and O–H groups in total. The van der Waals surface area contributed by atoms with Crippen LogP contribution in [0.1, 0.15) is 23.7 Å². The van der Waals surface area contributed by atoms with E-state index in [1.54, 1.807) is 32.2 Å². The average Bonchev–Trinajstić information content (AvgIpc) is 3.50. The topological polar surface area (TPSA) is 106 Å². The number of ether oxygens (including phenoxy) is 2. The van der Waals surface area contributed by atoms with Crippen LogP contribution in [-0.4, -0.2) is 40.0 Å². The van der Waals surface area contributed by atoms with Gasteiger partial charge in [-0.25, -0.2) is 14.8 Å². The fourth-order valence-electron chi connectivity index (χ4n) is 3.66. The summed E-state index contributed by atoms with van der Waals surface area (Å²) in [4.78, 5) is 37.9. The monoisotopic (exact) mass is 486 g/mol. The number of anilines is 1. The van der Waals surface area contributed by atoms with Crippen LogP contribution >= 0.6 is 11.3 Å². The fraction of sp³-hybridized carbons (Fsp3) is 0.154. The number of carbonyl (C=O) groups excluding carboxylic acids is 2. The maximum Gasteiger partial charge on any atom is 0.338 e. The highest BCUT2D eigenvalue weighted by molar-refractivity contribution is 7.22. The van der Waals surface area contributed by atoms with E-state index in [4.69, 9.17) is 9.47 Å². The highest BCUT2D eigenvalue weighted by Gasteiger charge is 2.23. The largest absolute Gasteiger partial charge is 0.497 e. The van der Waals surface area contributed by atoms with Gasteiger partial charge in [0.15, 0.2) is 11.2 Å².